The highest BCUT2D eigenvalue weighted by Gasteiger charge is 2.59. The molecule has 2 rings (SSSR count). The number of sulfone groups is 1. The van der Waals surface area contributed by atoms with E-state index < -0.39 is 26.8 Å². The van der Waals surface area contributed by atoms with Gasteiger partial charge in [0.1, 0.15) is 16.7 Å². The number of nitrogens with zero attached hydrogens (tertiary/aromatic N) is 2. The van der Waals surface area contributed by atoms with Gasteiger partial charge in [0.25, 0.3) is 0 Å². The standard InChI is InChI=1S/C21H30N6O3S/c1-5-8-18(24-7-3)31(29,30)21(11-12-21)16-13-17(22)27-19(26-16)15(6-2)10-9-14(4)25-20(23)28/h6-10,13,19,26H,2,5,11-12H2,1,3-4H3,(H2,22,27)(H3,23,25,28)/b14-9+,15-10+,18-8+,24-7-. The molecule has 31 heavy (non-hydrogen) atoms. The van der Waals surface area contributed by atoms with Crippen molar-refractivity contribution in [1.29, 1.82) is 0 Å². The summed E-state index contributed by atoms with van der Waals surface area (Å²) < 4.78 is 25.7. The molecule has 1 aliphatic carbocycles. The third-order valence-electron chi connectivity index (χ3n) is 4.88. The van der Waals surface area contributed by atoms with Crippen LogP contribution in [0.2, 0.25) is 0 Å². The fraction of sp³-hybridized carbons (Fsp3) is 0.381. The number of carbonyl (C=O) groups excluding carboxylic acids is 1. The minimum atomic E-state index is -3.73. The Balaban J connectivity index is 2.39. The number of amides is 2. The van der Waals surface area contributed by atoms with Gasteiger partial charge in [0.05, 0.1) is 0 Å². The summed E-state index contributed by atoms with van der Waals surface area (Å²) in [5, 5.41) is 5.73. The maximum absolute atomic E-state index is 13.4. The van der Waals surface area contributed by atoms with Gasteiger partial charge in [-0.15, -0.1) is 0 Å². The van der Waals surface area contributed by atoms with Crippen LogP contribution in [0.15, 0.2) is 68.9 Å². The van der Waals surface area contributed by atoms with Crippen molar-refractivity contribution in [2.24, 2.45) is 21.5 Å². The first-order valence-electron chi connectivity index (χ1n) is 9.94. The van der Waals surface area contributed by atoms with E-state index in [9.17, 15) is 13.2 Å². The molecule has 1 heterocycles. The summed E-state index contributed by atoms with van der Waals surface area (Å²) in [6, 6.07) is -0.669. The van der Waals surface area contributed by atoms with E-state index in [0.717, 1.165) is 0 Å². The molecule has 10 heteroatoms. The van der Waals surface area contributed by atoms with Crippen LogP contribution in [-0.2, 0) is 9.84 Å². The van der Waals surface area contributed by atoms with Crippen LogP contribution in [0.1, 0.15) is 40.0 Å². The number of urea groups is 1. The van der Waals surface area contributed by atoms with Crippen molar-refractivity contribution in [1.82, 2.24) is 10.6 Å². The monoisotopic (exact) mass is 446 g/mol. The van der Waals surface area contributed by atoms with Crippen molar-refractivity contribution >= 4 is 27.9 Å². The van der Waals surface area contributed by atoms with Crippen LogP contribution in [0.5, 0.6) is 0 Å². The van der Waals surface area contributed by atoms with Crippen molar-refractivity contribution in [3.8, 4) is 0 Å². The summed E-state index contributed by atoms with van der Waals surface area (Å²) in [6.07, 6.45) is 10.4. The van der Waals surface area contributed by atoms with Gasteiger partial charge in [-0.3, -0.25) is 0 Å². The molecule has 1 saturated carbocycles. The van der Waals surface area contributed by atoms with E-state index in [2.05, 4.69) is 27.2 Å². The van der Waals surface area contributed by atoms with E-state index in [-0.39, 0.29) is 10.9 Å². The smallest absolute Gasteiger partial charge is 0.316 e. The lowest BCUT2D eigenvalue weighted by Gasteiger charge is -2.29. The minimum absolute atomic E-state index is 0.0610. The van der Waals surface area contributed by atoms with Crippen molar-refractivity contribution in [3.05, 3.63) is 59.0 Å². The van der Waals surface area contributed by atoms with Gasteiger partial charge >= 0.3 is 6.03 Å². The predicted molar refractivity (Wildman–Crippen MR) is 125 cm³/mol. The van der Waals surface area contributed by atoms with E-state index in [1.165, 1.54) is 6.21 Å². The van der Waals surface area contributed by atoms with Crippen molar-refractivity contribution < 1.29 is 13.2 Å². The molecule has 9 nitrogen and oxygen atoms in total. The second-order valence-electron chi connectivity index (χ2n) is 7.20. The fourth-order valence-corrected chi connectivity index (χ4v) is 5.31. The number of carbonyl (C=O) groups is 1. The summed E-state index contributed by atoms with van der Waals surface area (Å²) in [5.74, 6) is 0.212. The number of primary amides is 1. The van der Waals surface area contributed by atoms with Gasteiger partial charge in [0.15, 0.2) is 5.03 Å². The summed E-state index contributed by atoms with van der Waals surface area (Å²) in [7, 11) is -3.73. The molecule has 0 bridgehead atoms. The summed E-state index contributed by atoms with van der Waals surface area (Å²) in [4.78, 5) is 19.4. The average molecular weight is 447 g/mol. The highest BCUT2D eigenvalue weighted by Crippen LogP contribution is 2.52. The van der Waals surface area contributed by atoms with E-state index in [0.29, 0.717) is 36.2 Å². The molecule has 0 aromatic heterocycles. The topological polar surface area (TPSA) is 152 Å². The molecule has 1 aliphatic heterocycles. The normalized spacial score (nSPS) is 21.8. The van der Waals surface area contributed by atoms with Crippen LogP contribution < -0.4 is 22.1 Å². The molecule has 2 aliphatic rings. The Morgan fingerprint density at radius 1 is 1.45 bits per heavy atom. The molecule has 0 aromatic rings. The molecule has 2 amide bonds. The minimum Gasteiger partial charge on any atom is -0.384 e. The van der Waals surface area contributed by atoms with Gasteiger partial charge in [-0.25, -0.2) is 23.2 Å². The molecule has 0 saturated heterocycles. The lowest BCUT2D eigenvalue weighted by molar-refractivity contribution is 0.251. The highest BCUT2D eigenvalue weighted by molar-refractivity contribution is 7.97. The van der Waals surface area contributed by atoms with Gasteiger partial charge in [-0.2, -0.15) is 0 Å². The van der Waals surface area contributed by atoms with Crippen molar-refractivity contribution in [2.45, 2.75) is 50.9 Å². The predicted octanol–water partition coefficient (Wildman–Crippen LogP) is 2.13. The molecule has 1 fully saturated rings. The first-order valence-corrected chi connectivity index (χ1v) is 11.4. The van der Waals surface area contributed by atoms with Crippen LogP contribution in [0, 0.1) is 0 Å². The number of nitrogens with two attached hydrogens (primary N) is 2. The van der Waals surface area contributed by atoms with Crippen LogP contribution in [0.25, 0.3) is 0 Å². The van der Waals surface area contributed by atoms with Gasteiger partial charge in [0, 0.05) is 23.7 Å². The maximum Gasteiger partial charge on any atom is 0.316 e. The van der Waals surface area contributed by atoms with E-state index in [1.54, 1.807) is 44.2 Å². The zero-order valence-corrected chi connectivity index (χ0v) is 18.9. The van der Waals surface area contributed by atoms with Crippen LogP contribution >= 0.6 is 0 Å². The van der Waals surface area contributed by atoms with E-state index >= 15 is 0 Å². The molecule has 168 valence electrons. The molecule has 0 aromatic carbocycles. The molecular weight excluding hydrogens is 416 g/mol. The van der Waals surface area contributed by atoms with Crippen LogP contribution in [0.3, 0.4) is 0 Å². The zero-order valence-electron chi connectivity index (χ0n) is 18.1. The van der Waals surface area contributed by atoms with Crippen molar-refractivity contribution in [2.75, 3.05) is 0 Å². The molecule has 1 atom stereocenters. The third-order valence-corrected chi connectivity index (χ3v) is 7.36. The first kappa shape index (κ1) is 24.1. The summed E-state index contributed by atoms with van der Waals surface area (Å²) in [6.45, 7) is 9.03. The Hall–Kier alpha value is -3.14. The Morgan fingerprint density at radius 3 is 2.65 bits per heavy atom. The zero-order chi connectivity index (χ0) is 23.2. The Labute approximate surface area is 183 Å². The number of allylic oxidation sites excluding steroid dienone is 4. The number of aliphatic imine (C=N–C) groups is 2. The number of hydrogen-bond donors (Lipinski definition) is 4. The number of nitrogens with one attached hydrogen (secondary N) is 2. The average Bonchev–Trinajstić information content (AvgIpc) is 3.50. The molecular formula is C21H30N6O3S. The number of rotatable bonds is 9. The maximum atomic E-state index is 13.4. The second-order valence-corrected chi connectivity index (χ2v) is 9.41. The van der Waals surface area contributed by atoms with E-state index in [1.807, 2.05) is 6.92 Å². The lowest BCUT2D eigenvalue weighted by Crippen LogP contribution is -2.43. The number of hydrogen-bond acceptors (Lipinski definition) is 7. The number of amidine groups is 1. The SMILES string of the molecule is C=C/C(=C\C=C(/C)NC(N)=O)C1N=C(N)C=C(C2(S(=O)(=O)C(=C/CC)/N=C\C)CC2)N1. The largest absolute Gasteiger partial charge is 0.384 e. The van der Waals surface area contributed by atoms with Crippen LogP contribution in [-0.4, -0.2) is 37.4 Å². The Kier molecular flexibility index (Phi) is 7.61. The molecule has 1 unspecified atom stereocenters. The van der Waals surface area contributed by atoms with Gasteiger partial charge < -0.3 is 22.1 Å². The molecule has 0 radical (unpaired) electrons. The Bertz CT molecular complexity index is 1030. The molecule has 0 spiro atoms. The quantitative estimate of drug-likeness (QED) is 0.316. The third kappa shape index (κ3) is 5.32. The Morgan fingerprint density at radius 2 is 2.13 bits per heavy atom. The molecule has 6 N–H and O–H groups in total. The lowest BCUT2D eigenvalue weighted by atomic mass is 10.1. The summed E-state index contributed by atoms with van der Waals surface area (Å²) >= 11 is 0. The summed E-state index contributed by atoms with van der Waals surface area (Å²) in [5.41, 5.74) is 12.8. The second kappa shape index (κ2) is 9.78. The highest BCUT2D eigenvalue weighted by atomic mass is 32.2. The van der Waals surface area contributed by atoms with E-state index in [4.69, 9.17) is 11.5 Å². The van der Waals surface area contributed by atoms with Gasteiger partial charge in [-0.1, -0.05) is 25.7 Å². The van der Waals surface area contributed by atoms with Gasteiger partial charge in [-0.05, 0) is 50.8 Å². The fourth-order valence-electron chi connectivity index (χ4n) is 3.23. The van der Waals surface area contributed by atoms with Crippen molar-refractivity contribution in [3.63, 3.8) is 0 Å². The van der Waals surface area contributed by atoms with Crippen LogP contribution in [0.4, 0.5) is 4.79 Å². The first-order chi connectivity index (χ1) is 14.6. The van der Waals surface area contributed by atoms with Gasteiger partial charge in [0.2, 0.25) is 9.84 Å².